The Hall–Kier alpha value is -2.53. The van der Waals surface area contributed by atoms with Crippen molar-refractivity contribution >= 4 is 17.3 Å². The molecule has 5 heteroatoms. The number of hydrogen-bond donors (Lipinski definition) is 2. The van der Waals surface area contributed by atoms with E-state index in [1.165, 1.54) is 36.9 Å². The Labute approximate surface area is 192 Å². The van der Waals surface area contributed by atoms with Crippen LogP contribution in [-0.4, -0.2) is 38.7 Å². The quantitative estimate of drug-likeness (QED) is 0.581. The Kier molecular flexibility index (Phi) is 8.05. The van der Waals surface area contributed by atoms with E-state index in [9.17, 15) is 4.79 Å². The van der Waals surface area contributed by atoms with E-state index < -0.39 is 0 Å². The number of rotatable bonds is 9. The molecule has 2 fully saturated rings. The number of carbonyl (C=O) groups excluding carboxylic acids is 1. The zero-order chi connectivity index (χ0) is 22.2. The maximum Gasteiger partial charge on any atom is 0.224 e. The van der Waals surface area contributed by atoms with Gasteiger partial charge < -0.3 is 20.3 Å². The molecule has 0 bridgehead atoms. The van der Waals surface area contributed by atoms with Gasteiger partial charge in [0.15, 0.2) is 0 Å². The topological polar surface area (TPSA) is 53.6 Å². The molecular formula is C27H37N3O2. The number of piperidine rings is 1. The summed E-state index contributed by atoms with van der Waals surface area (Å²) < 4.78 is 5.31. The number of nitrogens with one attached hydrogen (secondary N) is 2. The van der Waals surface area contributed by atoms with Gasteiger partial charge in [-0.2, -0.15) is 0 Å². The highest BCUT2D eigenvalue weighted by molar-refractivity contribution is 5.91. The second kappa shape index (κ2) is 11.4. The van der Waals surface area contributed by atoms with E-state index in [1.807, 2.05) is 12.1 Å². The number of benzene rings is 2. The van der Waals surface area contributed by atoms with Gasteiger partial charge in [-0.1, -0.05) is 31.0 Å². The summed E-state index contributed by atoms with van der Waals surface area (Å²) in [6.45, 7) is 3.06. The second-order valence-electron chi connectivity index (χ2n) is 9.27. The molecule has 2 aliphatic rings. The number of anilines is 2. The fraction of sp³-hybridized carbons (Fsp3) is 0.519. The van der Waals surface area contributed by atoms with E-state index in [1.54, 1.807) is 7.11 Å². The van der Waals surface area contributed by atoms with Crippen molar-refractivity contribution < 1.29 is 9.53 Å². The summed E-state index contributed by atoms with van der Waals surface area (Å²) in [5, 5.41) is 6.85. The molecule has 1 heterocycles. The fourth-order valence-corrected chi connectivity index (χ4v) is 5.06. The average molecular weight is 436 g/mol. The van der Waals surface area contributed by atoms with Crippen LogP contribution in [0.25, 0.3) is 0 Å². The van der Waals surface area contributed by atoms with Crippen LogP contribution in [0.4, 0.5) is 11.4 Å². The van der Waals surface area contributed by atoms with Gasteiger partial charge in [0.2, 0.25) is 5.91 Å². The Morgan fingerprint density at radius 1 is 1.03 bits per heavy atom. The number of carbonyl (C=O) groups is 1. The normalized spacial score (nSPS) is 17.5. The predicted molar refractivity (Wildman–Crippen MR) is 132 cm³/mol. The molecule has 2 aromatic carbocycles. The molecule has 0 aromatic heterocycles. The van der Waals surface area contributed by atoms with Crippen molar-refractivity contribution in [1.29, 1.82) is 0 Å². The van der Waals surface area contributed by atoms with E-state index in [-0.39, 0.29) is 5.91 Å². The van der Waals surface area contributed by atoms with Gasteiger partial charge in [-0.05, 0) is 80.5 Å². The lowest BCUT2D eigenvalue weighted by atomic mass is 10.0. The van der Waals surface area contributed by atoms with E-state index in [2.05, 4.69) is 51.9 Å². The van der Waals surface area contributed by atoms with Crippen LogP contribution >= 0.6 is 0 Å². The smallest absolute Gasteiger partial charge is 0.224 e. The van der Waals surface area contributed by atoms with Crippen LogP contribution in [-0.2, 0) is 11.2 Å². The lowest BCUT2D eigenvalue weighted by Crippen LogP contribution is -2.43. The second-order valence-corrected chi connectivity index (χ2v) is 9.27. The van der Waals surface area contributed by atoms with Gasteiger partial charge in [0, 0.05) is 36.9 Å². The van der Waals surface area contributed by atoms with E-state index in [4.69, 9.17) is 4.74 Å². The third kappa shape index (κ3) is 6.49. The average Bonchev–Trinajstić information content (AvgIpc) is 3.33. The van der Waals surface area contributed by atoms with Crippen molar-refractivity contribution in [3.63, 3.8) is 0 Å². The maximum atomic E-state index is 12.4. The summed E-state index contributed by atoms with van der Waals surface area (Å²) in [5.41, 5.74) is 3.43. The third-order valence-electron chi connectivity index (χ3n) is 6.92. The monoisotopic (exact) mass is 435 g/mol. The Bertz CT molecular complexity index is 871. The van der Waals surface area contributed by atoms with Crippen molar-refractivity contribution in [3.05, 3.63) is 54.1 Å². The largest absolute Gasteiger partial charge is 0.497 e. The van der Waals surface area contributed by atoms with Gasteiger partial charge in [0.05, 0.1) is 7.11 Å². The minimum atomic E-state index is 0.160. The van der Waals surface area contributed by atoms with E-state index in [0.29, 0.717) is 18.4 Å². The van der Waals surface area contributed by atoms with Gasteiger partial charge >= 0.3 is 0 Å². The fourth-order valence-electron chi connectivity index (χ4n) is 5.06. The molecule has 172 valence electrons. The third-order valence-corrected chi connectivity index (χ3v) is 6.92. The molecule has 2 aromatic rings. The van der Waals surface area contributed by atoms with Crippen LogP contribution < -0.4 is 20.3 Å². The first-order valence-corrected chi connectivity index (χ1v) is 12.2. The van der Waals surface area contributed by atoms with Crippen LogP contribution in [0, 0.1) is 5.92 Å². The highest BCUT2D eigenvalue weighted by Gasteiger charge is 2.20. The first-order chi connectivity index (χ1) is 15.7. The van der Waals surface area contributed by atoms with Crippen molar-refractivity contribution in [2.45, 2.75) is 57.4 Å². The molecule has 1 aliphatic carbocycles. The van der Waals surface area contributed by atoms with Gasteiger partial charge in [0.25, 0.3) is 0 Å². The minimum Gasteiger partial charge on any atom is -0.497 e. The summed E-state index contributed by atoms with van der Waals surface area (Å²) in [5.74, 6) is 1.66. The van der Waals surface area contributed by atoms with Gasteiger partial charge in [-0.15, -0.1) is 0 Å². The number of amides is 1. The molecule has 5 nitrogen and oxygen atoms in total. The van der Waals surface area contributed by atoms with Crippen LogP contribution in [0.15, 0.2) is 48.5 Å². The Balaban J connectivity index is 1.20. The molecule has 1 aliphatic heterocycles. The molecule has 0 radical (unpaired) electrons. The van der Waals surface area contributed by atoms with Crippen LogP contribution in [0.1, 0.15) is 50.5 Å². The molecule has 2 N–H and O–H groups in total. The van der Waals surface area contributed by atoms with Gasteiger partial charge in [-0.3, -0.25) is 4.79 Å². The molecule has 1 amide bonds. The highest BCUT2D eigenvalue weighted by Crippen LogP contribution is 2.28. The summed E-state index contributed by atoms with van der Waals surface area (Å²) in [6, 6.07) is 17.2. The SMILES string of the molecule is COc1cccc(CCNC2CCN(c3cccc(NC(=O)CC4CCCC4)c3)CC2)c1. The Morgan fingerprint density at radius 2 is 1.81 bits per heavy atom. The lowest BCUT2D eigenvalue weighted by Gasteiger charge is -2.34. The molecule has 0 unspecified atom stereocenters. The first-order valence-electron chi connectivity index (χ1n) is 12.2. The standard InChI is InChI=1S/C27H37N3O2/c1-32-26-11-4-8-22(18-26)12-15-28-23-13-16-30(17-14-23)25-10-5-9-24(20-25)29-27(31)19-21-6-2-3-7-21/h4-5,8-11,18,20-21,23,28H,2-3,6-7,12-17,19H2,1H3,(H,29,31). The highest BCUT2D eigenvalue weighted by atomic mass is 16.5. The van der Waals surface area contributed by atoms with Crippen molar-refractivity contribution in [2.24, 2.45) is 5.92 Å². The van der Waals surface area contributed by atoms with Crippen molar-refractivity contribution in [2.75, 3.05) is 37.0 Å². The molecule has 0 spiro atoms. The predicted octanol–water partition coefficient (Wildman–Crippen LogP) is 5.02. The van der Waals surface area contributed by atoms with Crippen molar-refractivity contribution in [1.82, 2.24) is 5.32 Å². The minimum absolute atomic E-state index is 0.160. The van der Waals surface area contributed by atoms with Crippen LogP contribution in [0.2, 0.25) is 0 Å². The molecule has 32 heavy (non-hydrogen) atoms. The summed E-state index contributed by atoms with van der Waals surface area (Å²) in [7, 11) is 1.71. The molecule has 0 atom stereocenters. The van der Waals surface area contributed by atoms with E-state index in [0.717, 1.165) is 50.3 Å². The van der Waals surface area contributed by atoms with Crippen LogP contribution in [0.3, 0.4) is 0 Å². The van der Waals surface area contributed by atoms with Gasteiger partial charge in [0.1, 0.15) is 5.75 Å². The van der Waals surface area contributed by atoms with Crippen molar-refractivity contribution in [3.8, 4) is 5.75 Å². The number of hydrogen-bond acceptors (Lipinski definition) is 4. The summed E-state index contributed by atoms with van der Waals surface area (Å²) >= 11 is 0. The molecule has 4 rings (SSSR count). The molecule has 1 saturated carbocycles. The zero-order valence-corrected chi connectivity index (χ0v) is 19.3. The first kappa shape index (κ1) is 22.7. The number of ether oxygens (including phenoxy) is 1. The maximum absolute atomic E-state index is 12.4. The molecular weight excluding hydrogens is 398 g/mol. The molecule has 1 saturated heterocycles. The zero-order valence-electron chi connectivity index (χ0n) is 19.3. The van der Waals surface area contributed by atoms with Gasteiger partial charge in [-0.25, -0.2) is 0 Å². The summed E-state index contributed by atoms with van der Waals surface area (Å²) in [6.07, 6.45) is 8.91. The van der Waals surface area contributed by atoms with Crippen LogP contribution in [0.5, 0.6) is 5.75 Å². The lowest BCUT2D eigenvalue weighted by molar-refractivity contribution is -0.117. The number of nitrogens with zero attached hydrogens (tertiary/aromatic N) is 1. The summed E-state index contributed by atoms with van der Waals surface area (Å²) in [4.78, 5) is 14.8. The Morgan fingerprint density at radius 3 is 2.59 bits per heavy atom. The number of methoxy groups -OCH3 is 1. The van der Waals surface area contributed by atoms with E-state index >= 15 is 0 Å².